The van der Waals surface area contributed by atoms with E-state index >= 15 is 0 Å². The first kappa shape index (κ1) is 19.2. The van der Waals surface area contributed by atoms with Crippen molar-refractivity contribution >= 4 is 54.0 Å². The third-order valence-electron chi connectivity index (χ3n) is 4.32. The van der Waals surface area contributed by atoms with Gasteiger partial charge < -0.3 is 20.5 Å². The Kier molecular flexibility index (Phi) is 5.37. The van der Waals surface area contributed by atoms with Gasteiger partial charge in [0.2, 0.25) is 0 Å². The van der Waals surface area contributed by atoms with E-state index in [1.807, 2.05) is 18.2 Å². The van der Waals surface area contributed by atoms with Crippen molar-refractivity contribution < 1.29 is 19.1 Å². The monoisotopic (exact) mass is 426 g/mol. The van der Waals surface area contributed by atoms with Crippen molar-refractivity contribution in [3.05, 3.63) is 59.0 Å². The first-order chi connectivity index (χ1) is 14.0. The number of nitrogens with one attached hydrogen (secondary N) is 1. The number of methoxy groups -OCH3 is 1. The molecule has 0 atom stereocenters. The van der Waals surface area contributed by atoms with Crippen molar-refractivity contribution in [3.63, 3.8) is 0 Å². The number of benzene rings is 2. The Morgan fingerprint density at radius 2 is 1.86 bits per heavy atom. The van der Waals surface area contributed by atoms with Crippen LogP contribution in [0.1, 0.15) is 15.2 Å². The third kappa shape index (κ3) is 4.03. The number of rotatable bonds is 7. The molecule has 29 heavy (non-hydrogen) atoms. The molecule has 0 saturated heterocycles. The summed E-state index contributed by atoms with van der Waals surface area (Å²) >= 11 is 3.20. The molecule has 3 N–H and O–H groups in total. The summed E-state index contributed by atoms with van der Waals surface area (Å²) in [5.41, 5.74) is 5.95. The predicted octanol–water partition coefficient (Wildman–Crippen LogP) is 3.92. The highest BCUT2D eigenvalue weighted by atomic mass is 32.1. The average molecular weight is 427 g/mol. The van der Waals surface area contributed by atoms with E-state index in [0.29, 0.717) is 22.9 Å². The number of primary amides is 1. The minimum Gasteiger partial charge on any atom is -0.493 e. The second-order valence-electron chi connectivity index (χ2n) is 6.33. The van der Waals surface area contributed by atoms with Crippen molar-refractivity contribution in [3.8, 4) is 11.5 Å². The highest BCUT2D eigenvalue weighted by Gasteiger charge is 2.14. The summed E-state index contributed by atoms with van der Waals surface area (Å²) in [6.45, 7) is 0.119. The molecule has 2 aromatic heterocycles. The van der Waals surface area contributed by atoms with Crippen LogP contribution in [0.3, 0.4) is 0 Å². The first-order valence-electron chi connectivity index (χ1n) is 8.82. The van der Waals surface area contributed by atoms with E-state index in [2.05, 4.69) is 17.4 Å². The molecule has 0 aliphatic heterocycles. The van der Waals surface area contributed by atoms with Gasteiger partial charge in [0.05, 0.1) is 16.7 Å². The highest BCUT2D eigenvalue weighted by Crippen LogP contribution is 2.39. The van der Waals surface area contributed by atoms with E-state index in [-0.39, 0.29) is 12.5 Å². The minimum absolute atomic E-state index is 0.115. The maximum atomic E-state index is 12.6. The van der Waals surface area contributed by atoms with Crippen molar-refractivity contribution in [2.75, 3.05) is 13.7 Å². The van der Waals surface area contributed by atoms with E-state index in [9.17, 15) is 9.59 Å². The average Bonchev–Trinajstić information content (AvgIpc) is 3.28. The molecule has 4 rings (SSSR count). The molecule has 0 aliphatic carbocycles. The lowest BCUT2D eigenvalue weighted by atomic mass is 10.2. The van der Waals surface area contributed by atoms with Crippen LogP contribution >= 0.6 is 22.7 Å². The molecule has 6 nitrogen and oxygen atoms in total. The van der Waals surface area contributed by atoms with Crippen molar-refractivity contribution in [2.45, 2.75) is 6.54 Å². The maximum absolute atomic E-state index is 12.6. The summed E-state index contributed by atoms with van der Waals surface area (Å²) in [7, 11) is 1.51. The predicted molar refractivity (Wildman–Crippen MR) is 116 cm³/mol. The molecule has 2 aromatic carbocycles. The molecule has 0 bridgehead atoms. The number of amides is 2. The number of fused-ring (bicyclic) bond motifs is 3. The fourth-order valence-corrected chi connectivity index (χ4v) is 5.41. The van der Waals surface area contributed by atoms with Crippen LogP contribution < -0.4 is 20.5 Å². The molecule has 0 radical (unpaired) electrons. The Morgan fingerprint density at radius 3 is 2.66 bits per heavy atom. The molecular weight excluding hydrogens is 408 g/mol. The number of nitrogens with two attached hydrogens (primary N) is 1. The molecule has 8 heteroatoms. The number of carbonyl (C=O) groups excluding carboxylic acids is 2. The Bertz CT molecular complexity index is 1210. The number of ether oxygens (including phenoxy) is 2. The summed E-state index contributed by atoms with van der Waals surface area (Å²) in [4.78, 5) is 24.2. The first-order valence-corrected chi connectivity index (χ1v) is 10.5. The Morgan fingerprint density at radius 1 is 1.03 bits per heavy atom. The van der Waals surface area contributed by atoms with E-state index < -0.39 is 5.91 Å². The highest BCUT2D eigenvalue weighted by molar-refractivity contribution is 7.33. The summed E-state index contributed by atoms with van der Waals surface area (Å²) in [6.07, 6.45) is 0. The molecular formula is C21H18N2O4S2. The van der Waals surface area contributed by atoms with E-state index in [1.165, 1.54) is 28.5 Å². The van der Waals surface area contributed by atoms with Crippen molar-refractivity contribution in [1.82, 2.24) is 5.32 Å². The molecule has 0 spiro atoms. The van der Waals surface area contributed by atoms with Crippen LogP contribution in [0.15, 0.2) is 48.5 Å². The smallest absolute Gasteiger partial charge is 0.261 e. The standard InChI is InChI=1S/C21H18N2O4S2/c1-26-15-8-12(6-7-14(15)27-11-19(22)24)10-23-21(25)18-9-17-20(29-18)13-4-2-3-5-16(13)28-17/h2-9H,10-11H2,1H3,(H2,22,24)(H,23,25). The van der Waals surface area contributed by atoms with Crippen molar-refractivity contribution in [2.24, 2.45) is 5.73 Å². The fraction of sp³-hybridized carbons (Fsp3) is 0.143. The number of thiophene rings is 2. The van der Waals surface area contributed by atoms with Gasteiger partial charge in [0, 0.05) is 21.3 Å². The summed E-state index contributed by atoms with van der Waals surface area (Å²) in [5.74, 6) is 0.218. The molecule has 0 unspecified atom stereocenters. The van der Waals surface area contributed by atoms with Gasteiger partial charge in [-0.25, -0.2) is 0 Å². The van der Waals surface area contributed by atoms with Crippen LogP contribution in [-0.4, -0.2) is 25.5 Å². The maximum Gasteiger partial charge on any atom is 0.261 e. The lowest BCUT2D eigenvalue weighted by Gasteiger charge is -2.11. The van der Waals surface area contributed by atoms with Gasteiger partial charge in [-0.15, -0.1) is 22.7 Å². The molecule has 0 fully saturated rings. The quantitative estimate of drug-likeness (QED) is 0.469. The summed E-state index contributed by atoms with van der Waals surface area (Å²) < 4.78 is 14.1. The number of hydrogen-bond donors (Lipinski definition) is 2. The lowest BCUT2D eigenvalue weighted by molar-refractivity contribution is -0.119. The van der Waals surface area contributed by atoms with Crippen LogP contribution in [0.2, 0.25) is 0 Å². The third-order valence-corrected chi connectivity index (χ3v) is 6.74. The Labute approximate surface area is 174 Å². The van der Waals surface area contributed by atoms with Gasteiger partial charge in [-0.05, 0) is 29.8 Å². The van der Waals surface area contributed by atoms with Gasteiger partial charge in [0.15, 0.2) is 18.1 Å². The number of carbonyl (C=O) groups is 2. The van der Waals surface area contributed by atoms with Crippen LogP contribution in [0.25, 0.3) is 19.5 Å². The van der Waals surface area contributed by atoms with Gasteiger partial charge >= 0.3 is 0 Å². The van der Waals surface area contributed by atoms with Gasteiger partial charge in [-0.1, -0.05) is 24.3 Å². The lowest BCUT2D eigenvalue weighted by Crippen LogP contribution is -2.22. The zero-order valence-electron chi connectivity index (χ0n) is 15.6. The van der Waals surface area contributed by atoms with Crippen LogP contribution in [0, 0.1) is 0 Å². The van der Waals surface area contributed by atoms with Crippen LogP contribution in [0.5, 0.6) is 11.5 Å². The molecule has 2 heterocycles. The fourth-order valence-electron chi connectivity index (χ4n) is 2.97. The largest absolute Gasteiger partial charge is 0.493 e. The van der Waals surface area contributed by atoms with Gasteiger partial charge in [-0.2, -0.15) is 0 Å². The van der Waals surface area contributed by atoms with Crippen molar-refractivity contribution in [1.29, 1.82) is 0 Å². The minimum atomic E-state index is -0.563. The summed E-state index contributed by atoms with van der Waals surface area (Å²) in [5, 5.41) is 4.13. The molecule has 4 aromatic rings. The molecule has 0 saturated carbocycles. The molecule has 0 aliphatic rings. The SMILES string of the molecule is COc1cc(CNC(=O)c2cc3sc4ccccc4c3s2)ccc1OCC(N)=O. The van der Waals surface area contributed by atoms with Crippen LogP contribution in [0.4, 0.5) is 0 Å². The van der Waals surface area contributed by atoms with Crippen LogP contribution in [-0.2, 0) is 11.3 Å². The van der Waals surface area contributed by atoms with E-state index in [0.717, 1.165) is 15.0 Å². The van der Waals surface area contributed by atoms with E-state index in [1.54, 1.807) is 29.5 Å². The normalized spacial score (nSPS) is 10.9. The zero-order chi connectivity index (χ0) is 20.4. The topological polar surface area (TPSA) is 90.7 Å². The molecule has 148 valence electrons. The summed E-state index contributed by atoms with van der Waals surface area (Å²) in [6, 6.07) is 15.4. The second kappa shape index (κ2) is 8.10. The Hall–Kier alpha value is -3.10. The number of hydrogen-bond acceptors (Lipinski definition) is 6. The van der Waals surface area contributed by atoms with Gasteiger partial charge in [0.25, 0.3) is 11.8 Å². The van der Waals surface area contributed by atoms with Gasteiger partial charge in [0.1, 0.15) is 0 Å². The Balaban J connectivity index is 1.46. The van der Waals surface area contributed by atoms with Gasteiger partial charge in [-0.3, -0.25) is 9.59 Å². The second-order valence-corrected chi connectivity index (χ2v) is 8.46. The molecule has 2 amide bonds. The zero-order valence-corrected chi connectivity index (χ0v) is 17.2. The van der Waals surface area contributed by atoms with E-state index in [4.69, 9.17) is 15.2 Å².